The van der Waals surface area contributed by atoms with E-state index in [1.54, 1.807) is 42.4 Å². The molecule has 262 valence electrons. The third-order valence-electron chi connectivity index (χ3n) is 8.60. The largest absolute Gasteiger partial charge is 0.457 e. The molecular formula is C42H38N4O5S. The zero-order valence-electron chi connectivity index (χ0n) is 28.3. The monoisotopic (exact) mass is 710 g/mol. The van der Waals surface area contributed by atoms with E-state index in [2.05, 4.69) is 32.7 Å². The molecule has 52 heavy (non-hydrogen) atoms. The van der Waals surface area contributed by atoms with Crippen LogP contribution in [0.2, 0.25) is 0 Å². The standard InChI is InChI=1S/C42H38N4O5S/c47-27-29-11-13-31(14-12-29)39-25-37(28-52-42-43-23-6-24-44-42)50-40(51-39)32-17-15-30(16-18-32)38-10-5-4-7-33(38)26-45-41(48)46-34-19-21-36(22-20-34)49-35-8-2-1-3-9-35/h1-24,37,39-40,47H,25-28H2,(H2,45,46,48)/t37-,39+,40+/m1/s1. The van der Waals surface area contributed by atoms with Gasteiger partial charge in [-0.25, -0.2) is 14.8 Å². The average Bonchev–Trinajstić information content (AvgIpc) is 3.21. The number of carbonyl (C=O) groups excluding carboxylic acids is 1. The quantitative estimate of drug-likeness (QED) is 0.0852. The van der Waals surface area contributed by atoms with E-state index in [4.69, 9.17) is 14.2 Å². The highest BCUT2D eigenvalue weighted by molar-refractivity contribution is 7.99. The molecule has 2 heterocycles. The number of hydrogen-bond donors (Lipinski definition) is 3. The molecule has 2 amide bonds. The number of rotatable bonds is 12. The molecule has 5 aromatic carbocycles. The molecule has 9 nitrogen and oxygen atoms in total. The summed E-state index contributed by atoms with van der Waals surface area (Å²) in [6, 6.07) is 42.4. The zero-order chi connectivity index (χ0) is 35.5. The number of aromatic nitrogens is 2. The molecule has 1 aliphatic rings. The third-order valence-corrected chi connectivity index (χ3v) is 9.60. The normalized spacial score (nSPS) is 16.9. The molecule has 0 bridgehead atoms. The van der Waals surface area contributed by atoms with Crippen molar-refractivity contribution in [3.05, 3.63) is 168 Å². The second-order valence-electron chi connectivity index (χ2n) is 12.2. The fourth-order valence-corrected chi connectivity index (χ4v) is 6.73. The third kappa shape index (κ3) is 9.22. The van der Waals surface area contributed by atoms with Gasteiger partial charge < -0.3 is 30.0 Å². The molecule has 1 aliphatic heterocycles. The van der Waals surface area contributed by atoms with Crippen LogP contribution in [0.4, 0.5) is 10.5 Å². The SMILES string of the molecule is O=C(NCc1ccccc1-c1ccc([C@H]2O[C@@H](CSc3ncccn3)C[C@@H](c3ccc(CO)cc3)O2)cc1)Nc1ccc(Oc2ccccc2)cc1. The van der Waals surface area contributed by atoms with Crippen LogP contribution in [-0.2, 0) is 22.6 Å². The molecule has 6 aromatic rings. The molecular weight excluding hydrogens is 673 g/mol. The van der Waals surface area contributed by atoms with Gasteiger partial charge in [0.15, 0.2) is 11.4 Å². The van der Waals surface area contributed by atoms with Crippen LogP contribution in [-0.4, -0.2) is 33.0 Å². The first kappa shape index (κ1) is 34.9. The number of thioether (sulfide) groups is 1. The van der Waals surface area contributed by atoms with Crippen molar-refractivity contribution in [3.8, 4) is 22.6 Å². The maximum atomic E-state index is 12.8. The number of benzene rings is 5. The predicted octanol–water partition coefficient (Wildman–Crippen LogP) is 9.09. The molecule has 1 fully saturated rings. The first-order valence-electron chi connectivity index (χ1n) is 17.1. The van der Waals surface area contributed by atoms with Crippen LogP contribution < -0.4 is 15.4 Å². The van der Waals surface area contributed by atoms with Crippen LogP contribution in [0.1, 0.15) is 41.1 Å². The highest BCUT2D eigenvalue weighted by atomic mass is 32.2. The number of amides is 2. The van der Waals surface area contributed by atoms with Crippen molar-refractivity contribution >= 4 is 23.5 Å². The number of para-hydroxylation sites is 1. The van der Waals surface area contributed by atoms with Gasteiger partial charge in [0.2, 0.25) is 0 Å². The van der Waals surface area contributed by atoms with Gasteiger partial charge in [0, 0.05) is 42.4 Å². The Balaban J connectivity index is 0.997. The minimum absolute atomic E-state index is 0.00684. The van der Waals surface area contributed by atoms with E-state index in [1.807, 2.05) is 103 Å². The fraction of sp³-hybridized carbons (Fsp3) is 0.167. The minimum atomic E-state index is -0.577. The Morgan fingerprint density at radius 2 is 1.46 bits per heavy atom. The molecule has 0 saturated carbocycles. The fourth-order valence-electron chi connectivity index (χ4n) is 5.91. The Morgan fingerprint density at radius 1 is 0.769 bits per heavy atom. The molecule has 0 aliphatic carbocycles. The van der Waals surface area contributed by atoms with Crippen LogP contribution in [0.15, 0.2) is 151 Å². The van der Waals surface area contributed by atoms with Gasteiger partial charge in [0.05, 0.1) is 18.8 Å². The average molecular weight is 711 g/mol. The molecule has 1 saturated heterocycles. The highest BCUT2D eigenvalue weighted by Gasteiger charge is 2.32. The van der Waals surface area contributed by atoms with Crippen molar-refractivity contribution in [1.82, 2.24) is 15.3 Å². The van der Waals surface area contributed by atoms with Crippen LogP contribution >= 0.6 is 11.8 Å². The molecule has 10 heteroatoms. The maximum absolute atomic E-state index is 12.8. The van der Waals surface area contributed by atoms with Crippen molar-refractivity contribution < 1.29 is 24.1 Å². The highest BCUT2D eigenvalue weighted by Crippen LogP contribution is 2.40. The van der Waals surface area contributed by atoms with Crippen molar-refractivity contribution in [2.75, 3.05) is 11.1 Å². The number of aliphatic hydroxyl groups excluding tert-OH is 1. The number of aliphatic hydroxyl groups is 1. The van der Waals surface area contributed by atoms with E-state index < -0.39 is 6.29 Å². The van der Waals surface area contributed by atoms with Crippen molar-refractivity contribution in [2.24, 2.45) is 0 Å². The summed E-state index contributed by atoms with van der Waals surface area (Å²) in [4.78, 5) is 21.5. The molecule has 3 N–H and O–H groups in total. The van der Waals surface area contributed by atoms with Gasteiger partial charge in [-0.05, 0) is 70.3 Å². The van der Waals surface area contributed by atoms with Crippen LogP contribution in [0, 0.1) is 0 Å². The minimum Gasteiger partial charge on any atom is -0.457 e. The Hall–Kier alpha value is -5.52. The van der Waals surface area contributed by atoms with Gasteiger partial charge in [-0.15, -0.1) is 0 Å². The lowest BCUT2D eigenvalue weighted by Gasteiger charge is -2.36. The summed E-state index contributed by atoms with van der Waals surface area (Å²) >= 11 is 1.56. The maximum Gasteiger partial charge on any atom is 0.319 e. The van der Waals surface area contributed by atoms with Gasteiger partial charge in [-0.2, -0.15) is 0 Å². The summed E-state index contributed by atoms with van der Waals surface area (Å²) in [5.41, 5.74) is 6.46. The van der Waals surface area contributed by atoms with Crippen LogP contribution in [0.3, 0.4) is 0 Å². The number of nitrogens with one attached hydrogen (secondary N) is 2. The first-order valence-corrected chi connectivity index (χ1v) is 18.0. The molecule has 0 unspecified atom stereocenters. The van der Waals surface area contributed by atoms with Crippen LogP contribution in [0.25, 0.3) is 11.1 Å². The van der Waals surface area contributed by atoms with Gasteiger partial charge in [0.25, 0.3) is 0 Å². The number of nitrogens with zero attached hydrogens (tertiary/aromatic N) is 2. The summed E-state index contributed by atoms with van der Waals surface area (Å²) in [7, 11) is 0. The van der Waals surface area contributed by atoms with Gasteiger partial charge in [-0.1, -0.05) is 103 Å². The van der Waals surface area contributed by atoms with E-state index in [1.165, 1.54) is 0 Å². The van der Waals surface area contributed by atoms with Gasteiger partial charge in [0.1, 0.15) is 11.5 Å². The van der Waals surface area contributed by atoms with E-state index in [-0.39, 0.29) is 24.8 Å². The lowest BCUT2D eigenvalue weighted by molar-refractivity contribution is -0.245. The molecule has 7 rings (SSSR count). The Labute approximate surface area is 307 Å². The van der Waals surface area contributed by atoms with E-state index >= 15 is 0 Å². The smallest absolute Gasteiger partial charge is 0.319 e. The van der Waals surface area contributed by atoms with Gasteiger partial charge in [-0.3, -0.25) is 0 Å². The second kappa shape index (κ2) is 17.1. The summed E-state index contributed by atoms with van der Waals surface area (Å²) in [5.74, 6) is 2.11. The number of carbonyl (C=O) groups is 1. The summed E-state index contributed by atoms with van der Waals surface area (Å²) in [5, 5.41) is 16.1. The number of ether oxygens (including phenoxy) is 3. The topological polar surface area (TPSA) is 115 Å². The lowest BCUT2D eigenvalue weighted by atomic mass is 9.98. The van der Waals surface area contributed by atoms with Crippen LogP contribution in [0.5, 0.6) is 11.5 Å². The Kier molecular flexibility index (Phi) is 11.5. The molecule has 0 radical (unpaired) electrons. The lowest BCUT2D eigenvalue weighted by Crippen LogP contribution is -2.31. The Morgan fingerprint density at radius 3 is 2.21 bits per heavy atom. The predicted molar refractivity (Wildman–Crippen MR) is 202 cm³/mol. The Bertz CT molecular complexity index is 2030. The second-order valence-corrected chi connectivity index (χ2v) is 13.2. The first-order chi connectivity index (χ1) is 25.6. The summed E-state index contributed by atoms with van der Waals surface area (Å²) < 4.78 is 18.9. The molecule has 0 spiro atoms. The van der Waals surface area contributed by atoms with E-state index in [0.29, 0.717) is 35.3 Å². The van der Waals surface area contributed by atoms with Crippen molar-refractivity contribution in [2.45, 2.75) is 43.2 Å². The summed E-state index contributed by atoms with van der Waals surface area (Å²) in [6.45, 7) is 0.335. The molecule has 1 aromatic heterocycles. The number of hydrogen-bond acceptors (Lipinski definition) is 8. The molecule has 3 atom stereocenters. The number of urea groups is 1. The van der Waals surface area contributed by atoms with Crippen molar-refractivity contribution in [3.63, 3.8) is 0 Å². The number of anilines is 1. The van der Waals surface area contributed by atoms with Crippen molar-refractivity contribution in [1.29, 1.82) is 0 Å². The van der Waals surface area contributed by atoms with Gasteiger partial charge >= 0.3 is 6.03 Å². The zero-order valence-corrected chi connectivity index (χ0v) is 29.1. The van der Waals surface area contributed by atoms with E-state index in [9.17, 15) is 9.90 Å². The summed E-state index contributed by atoms with van der Waals surface area (Å²) in [6.07, 6.45) is 3.28. The van der Waals surface area contributed by atoms with E-state index in [0.717, 1.165) is 39.1 Å².